The highest BCUT2D eigenvalue weighted by molar-refractivity contribution is 5.89. The molecule has 2 saturated heterocycles. The fourth-order valence-electron chi connectivity index (χ4n) is 7.37. The zero-order valence-electron chi connectivity index (χ0n) is 27.9. The molecule has 0 saturated carbocycles. The van der Waals surface area contributed by atoms with E-state index in [9.17, 15) is 20.1 Å². The lowest BCUT2D eigenvalue weighted by Gasteiger charge is -2.48. The van der Waals surface area contributed by atoms with Crippen molar-refractivity contribution in [3.05, 3.63) is 0 Å². The molecule has 0 spiro atoms. The number of carbonyl (C=O) groups excluding carboxylic acids is 1. The molecular weight excluding hydrogens is 524 g/mol. The van der Waals surface area contributed by atoms with E-state index in [-0.39, 0.29) is 36.0 Å². The Morgan fingerprint density at radius 1 is 1.02 bits per heavy atom. The highest BCUT2D eigenvalue weighted by Crippen LogP contribution is 2.43. The molecule has 0 amide bonds. The van der Waals surface area contributed by atoms with E-state index in [1.54, 1.807) is 14.0 Å². The molecule has 2 rings (SSSR count). The quantitative estimate of drug-likeness (QED) is 0.426. The van der Waals surface area contributed by atoms with Crippen molar-refractivity contribution in [1.82, 2.24) is 4.90 Å². The standard InChI is InChI=1S/C32H60N2O7/c1-14-24-32(10,38)27(36)22(7)25(33-11)17(2)16-31(8,9)28(20(5)19(4)21(6)29(37)40-24)41-30-26(35)23(34(12)13)15-18(3)39-30/h17-24,26-28,30,35-36,38H,14-16H2,1-13H3/b33-25+/t17-,18-,19+,20+,21-,22+,23+,24-,26-,27-,28-,30?,32-/m1/s1. The summed E-state index contributed by atoms with van der Waals surface area (Å²) >= 11 is 0. The minimum Gasteiger partial charge on any atom is -0.459 e. The Bertz CT molecular complexity index is 891. The second-order valence-electron chi connectivity index (χ2n) is 14.2. The number of rotatable bonds is 4. The molecule has 9 heteroatoms. The third-order valence-corrected chi connectivity index (χ3v) is 10.2. The molecule has 2 aliphatic heterocycles. The first-order valence-corrected chi connectivity index (χ1v) is 15.5. The second kappa shape index (κ2) is 14.1. The van der Waals surface area contributed by atoms with Gasteiger partial charge in [-0.05, 0) is 70.4 Å². The first-order chi connectivity index (χ1) is 18.8. The average Bonchev–Trinajstić information content (AvgIpc) is 2.88. The van der Waals surface area contributed by atoms with E-state index in [0.29, 0.717) is 19.3 Å². The number of aliphatic hydroxyl groups excluding tert-OH is 2. The van der Waals surface area contributed by atoms with Crippen molar-refractivity contribution in [2.45, 2.75) is 137 Å². The van der Waals surface area contributed by atoms with Gasteiger partial charge in [-0.15, -0.1) is 0 Å². The maximum absolute atomic E-state index is 13.5. The summed E-state index contributed by atoms with van der Waals surface area (Å²) in [4.78, 5) is 20.1. The monoisotopic (exact) mass is 584 g/mol. The van der Waals surface area contributed by atoms with Gasteiger partial charge in [-0.3, -0.25) is 9.79 Å². The number of esters is 1. The summed E-state index contributed by atoms with van der Waals surface area (Å²) in [5.74, 6) is -1.70. The van der Waals surface area contributed by atoms with Gasteiger partial charge in [0.25, 0.3) is 0 Å². The minimum atomic E-state index is -1.66. The molecule has 0 aromatic rings. The van der Waals surface area contributed by atoms with E-state index >= 15 is 0 Å². The number of aliphatic hydroxyl groups is 3. The molecular formula is C32H60N2O7. The van der Waals surface area contributed by atoms with E-state index < -0.39 is 53.4 Å². The maximum Gasteiger partial charge on any atom is 0.309 e. The first kappa shape index (κ1) is 36.1. The normalized spacial score (nSPS) is 46.3. The van der Waals surface area contributed by atoms with Crippen molar-refractivity contribution < 1.29 is 34.3 Å². The number of hydrogen-bond donors (Lipinski definition) is 3. The predicted molar refractivity (Wildman–Crippen MR) is 162 cm³/mol. The molecule has 0 aliphatic carbocycles. The van der Waals surface area contributed by atoms with Gasteiger partial charge in [0.15, 0.2) is 6.29 Å². The van der Waals surface area contributed by atoms with Gasteiger partial charge in [0, 0.05) is 24.7 Å². The fourth-order valence-corrected chi connectivity index (χ4v) is 7.37. The van der Waals surface area contributed by atoms with E-state index in [1.807, 2.05) is 53.6 Å². The molecule has 0 aromatic heterocycles. The molecule has 0 bridgehead atoms. The van der Waals surface area contributed by atoms with Crippen LogP contribution < -0.4 is 0 Å². The number of ether oxygens (including phenoxy) is 3. The average molecular weight is 585 g/mol. The summed E-state index contributed by atoms with van der Waals surface area (Å²) in [6.07, 6.45) is -2.46. The number of nitrogens with zero attached hydrogens (tertiary/aromatic N) is 2. The van der Waals surface area contributed by atoms with E-state index in [0.717, 1.165) is 5.71 Å². The lowest BCUT2D eigenvalue weighted by molar-refractivity contribution is -0.289. The summed E-state index contributed by atoms with van der Waals surface area (Å²) < 4.78 is 18.9. The van der Waals surface area contributed by atoms with Gasteiger partial charge < -0.3 is 34.4 Å². The van der Waals surface area contributed by atoms with Gasteiger partial charge in [-0.1, -0.05) is 55.4 Å². The molecule has 2 fully saturated rings. The zero-order chi connectivity index (χ0) is 31.6. The van der Waals surface area contributed by atoms with Crippen LogP contribution in [0, 0.1) is 35.0 Å². The fraction of sp³-hybridized carbons (Fsp3) is 0.938. The van der Waals surface area contributed by atoms with Crippen LogP contribution in [-0.4, -0.2) is 101 Å². The van der Waals surface area contributed by atoms with Crippen molar-refractivity contribution in [2.24, 2.45) is 40.0 Å². The van der Waals surface area contributed by atoms with Gasteiger partial charge in [-0.25, -0.2) is 0 Å². The topological polar surface area (TPSA) is 121 Å². The number of hydrogen-bond acceptors (Lipinski definition) is 9. The molecule has 0 radical (unpaired) electrons. The SMILES string of the molecule is CC[C@H]1OC(=O)[C@H](C)[C@@H](C)[C@H](C)[C@@H](OC2O[C@H](C)C[C@H](N(C)C)[C@H]2O)C(C)(C)C[C@@H](C)/C(=N\C)[C@H](C)[C@@H](O)[C@]1(C)O. The summed E-state index contributed by atoms with van der Waals surface area (Å²) in [5, 5.41) is 34.2. The van der Waals surface area contributed by atoms with Gasteiger partial charge in [0.05, 0.1) is 24.2 Å². The third kappa shape index (κ3) is 7.90. The number of likely N-dealkylation sites (N-methyl/N-ethyl adjacent to an activating group) is 1. The van der Waals surface area contributed by atoms with Crippen LogP contribution >= 0.6 is 0 Å². The highest BCUT2D eigenvalue weighted by atomic mass is 16.7. The Morgan fingerprint density at radius 2 is 1.61 bits per heavy atom. The Morgan fingerprint density at radius 3 is 2.12 bits per heavy atom. The van der Waals surface area contributed by atoms with Crippen LogP contribution in [0.5, 0.6) is 0 Å². The Kier molecular flexibility index (Phi) is 12.4. The molecule has 1 unspecified atom stereocenters. The van der Waals surface area contributed by atoms with E-state index in [2.05, 4.69) is 32.7 Å². The van der Waals surface area contributed by atoms with E-state index in [1.165, 1.54) is 0 Å². The van der Waals surface area contributed by atoms with E-state index in [4.69, 9.17) is 14.2 Å². The predicted octanol–water partition coefficient (Wildman–Crippen LogP) is 3.91. The molecule has 2 heterocycles. The summed E-state index contributed by atoms with van der Waals surface area (Å²) in [7, 11) is 5.62. The Hall–Kier alpha value is -1.10. The van der Waals surface area contributed by atoms with Crippen LogP contribution in [0.4, 0.5) is 0 Å². The lowest BCUT2D eigenvalue weighted by atomic mass is 9.67. The van der Waals surface area contributed by atoms with Gasteiger partial charge in [0.1, 0.15) is 17.8 Å². The van der Waals surface area contributed by atoms with Crippen LogP contribution in [0.3, 0.4) is 0 Å². The number of carbonyl (C=O) groups is 1. The smallest absolute Gasteiger partial charge is 0.309 e. The highest BCUT2D eigenvalue weighted by Gasteiger charge is 2.49. The number of aliphatic imine (C=N–C) groups is 1. The molecule has 0 aromatic carbocycles. The minimum absolute atomic E-state index is 0.0438. The third-order valence-electron chi connectivity index (χ3n) is 10.2. The summed E-state index contributed by atoms with van der Waals surface area (Å²) in [5.41, 5.74) is -1.31. The summed E-state index contributed by atoms with van der Waals surface area (Å²) in [6, 6.07) is -0.106. The van der Waals surface area contributed by atoms with Crippen LogP contribution in [0.25, 0.3) is 0 Å². The van der Waals surface area contributed by atoms with Crippen molar-refractivity contribution in [2.75, 3.05) is 21.1 Å². The van der Waals surface area contributed by atoms with Crippen LogP contribution in [0.1, 0.15) is 88.5 Å². The van der Waals surface area contributed by atoms with Crippen molar-refractivity contribution >= 4 is 11.7 Å². The van der Waals surface area contributed by atoms with Gasteiger partial charge in [0.2, 0.25) is 0 Å². The van der Waals surface area contributed by atoms with Crippen LogP contribution in [0.15, 0.2) is 4.99 Å². The van der Waals surface area contributed by atoms with Crippen molar-refractivity contribution in [3.8, 4) is 0 Å². The van der Waals surface area contributed by atoms with Crippen LogP contribution in [0.2, 0.25) is 0 Å². The molecule has 3 N–H and O–H groups in total. The first-order valence-electron chi connectivity index (χ1n) is 15.5. The maximum atomic E-state index is 13.5. The van der Waals surface area contributed by atoms with Crippen molar-refractivity contribution in [1.29, 1.82) is 0 Å². The zero-order valence-corrected chi connectivity index (χ0v) is 27.9. The van der Waals surface area contributed by atoms with Gasteiger partial charge in [-0.2, -0.15) is 0 Å². The Labute approximate surface area is 249 Å². The molecule has 13 atom stereocenters. The number of cyclic esters (lactones) is 1. The lowest BCUT2D eigenvalue weighted by Crippen LogP contribution is -2.57. The summed E-state index contributed by atoms with van der Waals surface area (Å²) in [6.45, 7) is 19.6. The second-order valence-corrected chi connectivity index (χ2v) is 14.2. The van der Waals surface area contributed by atoms with Crippen molar-refractivity contribution in [3.63, 3.8) is 0 Å². The largest absolute Gasteiger partial charge is 0.459 e. The Balaban J connectivity index is 2.60. The molecule has 240 valence electrons. The van der Waals surface area contributed by atoms with Gasteiger partial charge >= 0.3 is 5.97 Å². The molecule has 2 aliphatic rings. The molecule has 9 nitrogen and oxygen atoms in total. The molecule has 41 heavy (non-hydrogen) atoms. The van der Waals surface area contributed by atoms with Crippen LogP contribution in [-0.2, 0) is 19.0 Å².